The number of hydrogen-bond donors (Lipinski definition) is 2. The highest BCUT2D eigenvalue weighted by molar-refractivity contribution is 5.99. The van der Waals surface area contributed by atoms with Crippen molar-refractivity contribution in [2.75, 3.05) is 17.4 Å². The Morgan fingerprint density at radius 2 is 2.00 bits per heavy atom. The molecule has 8 nitrogen and oxygen atoms in total. The number of nitrogens with one attached hydrogen (secondary N) is 2. The van der Waals surface area contributed by atoms with Crippen molar-refractivity contribution >= 4 is 17.5 Å². The lowest BCUT2D eigenvalue weighted by molar-refractivity contribution is -0.112. The van der Waals surface area contributed by atoms with E-state index in [-0.39, 0.29) is 18.3 Å². The van der Waals surface area contributed by atoms with Gasteiger partial charge in [-0.2, -0.15) is 0 Å². The van der Waals surface area contributed by atoms with Gasteiger partial charge in [0.15, 0.2) is 12.6 Å². The molecule has 0 spiro atoms. The molecule has 2 atom stereocenters. The van der Waals surface area contributed by atoms with E-state index in [1.165, 1.54) is 0 Å². The number of carbonyl (C=O) groups excluding carboxylic acids is 1. The summed E-state index contributed by atoms with van der Waals surface area (Å²) in [6.45, 7) is 6.18. The Morgan fingerprint density at radius 1 is 1.21 bits per heavy atom. The van der Waals surface area contributed by atoms with Crippen LogP contribution >= 0.6 is 0 Å². The first-order valence-electron chi connectivity index (χ1n) is 9.30. The first-order chi connectivity index (χ1) is 13.8. The van der Waals surface area contributed by atoms with Crippen LogP contribution < -0.4 is 15.4 Å². The van der Waals surface area contributed by atoms with Crippen molar-refractivity contribution in [2.24, 2.45) is 0 Å². The highest BCUT2D eigenvalue weighted by Crippen LogP contribution is 2.34. The number of ether oxygens (including phenoxy) is 3. The Bertz CT molecular complexity index is 942. The molecule has 2 heterocycles. The quantitative estimate of drug-likeness (QED) is 0.803. The van der Waals surface area contributed by atoms with Gasteiger partial charge < -0.3 is 24.1 Å². The minimum Gasteiger partial charge on any atom is -0.455 e. The molecule has 1 aliphatic carbocycles. The van der Waals surface area contributed by atoms with E-state index in [0.29, 0.717) is 23.0 Å². The Hall–Kier alpha value is -3.10. The molecule has 2 aliphatic rings. The van der Waals surface area contributed by atoms with Crippen LogP contribution in [0.25, 0.3) is 0 Å². The highest BCUT2D eigenvalue weighted by Gasteiger charge is 2.46. The lowest BCUT2D eigenvalue weighted by atomic mass is 9.93. The first-order valence-corrected chi connectivity index (χ1v) is 9.30. The third kappa shape index (κ3) is 4.18. The molecule has 1 aromatic carbocycles. The van der Waals surface area contributed by atoms with Gasteiger partial charge in [-0.15, -0.1) is 0 Å². The molecule has 0 radical (unpaired) electrons. The predicted octanol–water partition coefficient (Wildman–Crippen LogP) is 4.19. The van der Waals surface area contributed by atoms with Crippen molar-refractivity contribution in [3.05, 3.63) is 60.4 Å². The molecular formula is C21H23N3O5. The van der Waals surface area contributed by atoms with Gasteiger partial charge in [-0.25, -0.2) is 4.79 Å². The van der Waals surface area contributed by atoms with Crippen LogP contribution in [0, 0.1) is 0 Å². The van der Waals surface area contributed by atoms with Gasteiger partial charge in [-0.05, 0) is 36.4 Å². The maximum Gasteiger partial charge on any atom is 0.324 e. The third-order valence-electron chi connectivity index (χ3n) is 4.53. The van der Waals surface area contributed by atoms with E-state index < -0.39 is 11.8 Å². The van der Waals surface area contributed by atoms with Crippen LogP contribution in [0.3, 0.4) is 0 Å². The van der Waals surface area contributed by atoms with Gasteiger partial charge in [0.2, 0.25) is 0 Å². The maximum atomic E-state index is 12.2. The highest BCUT2D eigenvalue weighted by atomic mass is 16.8. The van der Waals surface area contributed by atoms with E-state index in [4.69, 9.17) is 18.7 Å². The van der Waals surface area contributed by atoms with Gasteiger partial charge >= 0.3 is 6.03 Å². The summed E-state index contributed by atoms with van der Waals surface area (Å²) < 4.78 is 22.5. The fourth-order valence-electron chi connectivity index (χ4n) is 2.96. The number of anilines is 2. The molecule has 1 fully saturated rings. The number of aromatic nitrogens is 1. The van der Waals surface area contributed by atoms with Crippen molar-refractivity contribution in [1.82, 2.24) is 5.16 Å². The van der Waals surface area contributed by atoms with E-state index in [9.17, 15) is 4.79 Å². The summed E-state index contributed by atoms with van der Waals surface area (Å²) in [6.07, 6.45) is 7.18. The molecule has 152 valence electrons. The number of benzene rings is 1. The van der Waals surface area contributed by atoms with Gasteiger partial charge in [0.05, 0.1) is 0 Å². The average molecular weight is 397 g/mol. The normalized spacial score (nSPS) is 22.9. The number of nitrogens with zero attached hydrogens (tertiary/aromatic N) is 1. The second kappa shape index (κ2) is 7.38. The molecule has 2 aromatic rings. The van der Waals surface area contributed by atoms with Crippen molar-refractivity contribution in [2.45, 2.75) is 38.1 Å². The van der Waals surface area contributed by atoms with Gasteiger partial charge in [0.1, 0.15) is 17.6 Å². The van der Waals surface area contributed by atoms with Gasteiger partial charge in [-0.3, -0.25) is 5.32 Å². The van der Waals surface area contributed by atoms with Crippen molar-refractivity contribution in [3.8, 4) is 5.75 Å². The summed E-state index contributed by atoms with van der Waals surface area (Å²) in [5, 5.41) is 9.27. The van der Waals surface area contributed by atoms with E-state index in [1.807, 2.05) is 45.1 Å². The molecule has 1 saturated heterocycles. The average Bonchev–Trinajstić information content (AvgIpc) is 3.30. The van der Waals surface area contributed by atoms with Crippen LogP contribution in [-0.4, -0.2) is 29.9 Å². The maximum absolute atomic E-state index is 12.2. The minimum absolute atomic E-state index is 0.165. The van der Waals surface area contributed by atoms with Crippen LogP contribution in [0.1, 0.15) is 26.5 Å². The number of rotatable bonds is 4. The number of allylic oxidation sites excluding steroid dienone is 2. The number of hydrogen-bond acceptors (Lipinski definition) is 6. The molecule has 2 N–H and O–H groups in total. The van der Waals surface area contributed by atoms with E-state index >= 15 is 0 Å². The summed E-state index contributed by atoms with van der Waals surface area (Å²) in [6, 6.07) is 8.28. The number of fused-ring (bicyclic) bond motifs is 1. The van der Waals surface area contributed by atoms with Gasteiger partial charge in [-0.1, -0.05) is 38.1 Å². The van der Waals surface area contributed by atoms with Crippen LogP contribution in [0.2, 0.25) is 0 Å². The monoisotopic (exact) mass is 397 g/mol. The van der Waals surface area contributed by atoms with Crippen molar-refractivity contribution in [3.63, 3.8) is 0 Å². The largest absolute Gasteiger partial charge is 0.455 e. The second-order valence-electron chi connectivity index (χ2n) is 7.85. The number of amides is 2. The van der Waals surface area contributed by atoms with Gasteiger partial charge in [0, 0.05) is 17.2 Å². The lowest BCUT2D eigenvalue weighted by Gasteiger charge is -2.30. The topological polar surface area (TPSA) is 94.9 Å². The molecule has 29 heavy (non-hydrogen) atoms. The Morgan fingerprint density at radius 3 is 2.72 bits per heavy atom. The zero-order valence-electron chi connectivity index (χ0n) is 16.5. The van der Waals surface area contributed by atoms with Crippen LogP contribution in [-0.2, 0) is 14.9 Å². The molecule has 1 aromatic heterocycles. The molecule has 1 aliphatic heterocycles. The van der Waals surface area contributed by atoms with Crippen LogP contribution in [0.15, 0.2) is 59.2 Å². The molecule has 2 unspecified atom stereocenters. The summed E-state index contributed by atoms with van der Waals surface area (Å²) in [5.74, 6) is 0.682. The van der Waals surface area contributed by atoms with Crippen molar-refractivity contribution in [1.29, 1.82) is 0 Å². The molecule has 0 saturated carbocycles. The summed E-state index contributed by atoms with van der Waals surface area (Å²) in [5.41, 5.74) is 0.417. The summed E-state index contributed by atoms with van der Waals surface area (Å²) in [7, 11) is 0. The zero-order chi connectivity index (χ0) is 20.5. The summed E-state index contributed by atoms with van der Waals surface area (Å²) in [4.78, 5) is 12.2. The number of urea groups is 1. The third-order valence-corrected chi connectivity index (χ3v) is 4.53. The molecule has 8 heteroatoms. The lowest BCUT2D eigenvalue weighted by Crippen LogP contribution is -2.43. The van der Waals surface area contributed by atoms with Crippen LogP contribution in [0.4, 0.5) is 16.3 Å². The Labute approximate surface area is 168 Å². The van der Waals surface area contributed by atoms with Crippen LogP contribution in [0.5, 0.6) is 5.75 Å². The van der Waals surface area contributed by atoms with Gasteiger partial charge in [0.25, 0.3) is 5.79 Å². The Kier molecular flexibility index (Phi) is 4.89. The minimum atomic E-state index is -0.960. The van der Waals surface area contributed by atoms with E-state index in [1.54, 1.807) is 30.3 Å². The molecule has 0 bridgehead atoms. The molecular weight excluding hydrogens is 374 g/mol. The molecule has 4 rings (SSSR count). The Balaban J connectivity index is 1.36. The van der Waals surface area contributed by atoms with E-state index in [0.717, 1.165) is 0 Å². The first kappa shape index (κ1) is 19.2. The smallest absolute Gasteiger partial charge is 0.324 e. The number of carbonyl (C=O) groups is 1. The fourth-order valence-corrected chi connectivity index (χ4v) is 2.96. The fraction of sp³-hybridized carbons (Fsp3) is 0.333. The molecule has 2 amide bonds. The zero-order valence-corrected chi connectivity index (χ0v) is 16.5. The van der Waals surface area contributed by atoms with E-state index in [2.05, 4.69) is 15.8 Å². The predicted molar refractivity (Wildman–Crippen MR) is 107 cm³/mol. The summed E-state index contributed by atoms with van der Waals surface area (Å²) >= 11 is 0. The van der Waals surface area contributed by atoms with Crippen molar-refractivity contribution < 1.29 is 23.5 Å². The second-order valence-corrected chi connectivity index (χ2v) is 7.85. The SMILES string of the molecule is CC(C)(C)c1cc(NC(=O)Nc2ccc(OC34C=CC=CC3OCO4)cc2)no1. The standard InChI is InChI=1S/C21H23N3O5/c1-20(2,3)17-12-18(24-29-17)23-19(25)22-14-7-9-15(10-8-14)28-21-11-5-4-6-16(21)26-13-27-21/h4-12,16H,13H2,1-3H3,(H2,22,23,24,25).